The molecule has 0 spiro atoms. The Morgan fingerprint density at radius 3 is 2.55 bits per heavy atom. The van der Waals surface area contributed by atoms with E-state index in [0.29, 0.717) is 19.0 Å². The quantitative estimate of drug-likeness (QED) is 0.458. The van der Waals surface area contributed by atoms with Crippen LogP contribution in [0.15, 0.2) is 53.7 Å². The lowest BCUT2D eigenvalue weighted by atomic mass is 10.0. The van der Waals surface area contributed by atoms with Crippen molar-refractivity contribution in [3.05, 3.63) is 65.2 Å². The fourth-order valence-electron chi connectivity index (χ4n) is 3.46. The Labute approximate surface area is 174 Å². The van der Waals surface area contributed by atoms with E-state index in [2.05, 4.69) is 15.1 Å². The van der Waals surface area contributed by atoms with Crippen molar-refractivity contribution in [2.75, 3.05) is 37.0 Å². The third kappa shape index (κ3) is 4.36. The van der Waals surface area contributed by atoms with Crippen molar-refractivity contribution >= 4 is 23.5 Å². The molecule has 0 radical (unpaired) electrons. The molecule has 1 aliphatic heterocycles. The van der Waals surface area contributed by atoms with Gasteiger partial charge in [0, 0.05) is 18.7 Å². The van der Waals surface area contributed by atoms with Crippen molar-refractivity contribution in [3.63, 3.8) is 0 Å². The second kappa shape index (κ2) is 8.80. The van der Waals surface area contributed by atoms with Crippen LogP contribution in [-0.2, 0) is 4.74 Å². The molecule has 2 aromatic carbocycles. The van der Waals surface area contributed by atoms with Crippen LogP contribution >= 0.6 is 11.8 Å². The summed E-state index contributed by atoms with van der Waals surface area (Å²) in [7, 11) is 0. The van der Waals surface area contributed by atoms with E-state index in [1.54, 1.807) is 0 Å². The van der Waals surface area contributed by atoms with Gasteiger partial charge in [-0.1, -0.05) is 53.7 Å². The third-order valence-corrected chi connectivity index (χ3v) is 5.87. The van der Waals surface area contributed by atoms with Crippen LogP contribution in [0.25, 0.3) is 5.69 Å². The summed E-state index contributed by atoms with van der Waals surface area (Å²) >= 11 is 1.42. The van der Waals surface area contributed by atoms with Crippen molar-refractivity contribution in [3.8, 4) is 5.69 Å². The Balaban J connectivity index is 1.60. The highest BCUT2D eigenvalue weighted by atomic mass is 32.2. The molecule has 1 aromatic heterocycles. The normalized spacial score (nSPS) is 14.2. The SMILES string of the molecule is Cc1ccc(C(=O)CSc2nnc(N3CCOCC3)n2-c2ccccc2)c(C)c1. The first-order chi connectivity index (χ1) is 14.1. The number of ketones is 1. The van der Waals surface area contributed by atoms with E-state index in [-0.39, 0.29) is 5.78 Å². The average Bonchev–Trinajstić information content (AvgIpc) is 3.17. The monoisotopic (exact) mass is 408 g/mol. The summed E-state index contributed by atoms with van der Waals surface area (Å²) in [6.07, 6.45) is 0. The maximum atomic E-state index is 12.8. The van der Waals surface area contributed by atoms with E-state index in [0.717, 1.165) is 46.6 Å². The smallest absolute Gasteiger partial charge is 0.232 e. The van der Waals surface area contributed by atoms with Gasteiger partial charge in [-0.05, 0) is 31.5 Å². The number of thioether (sulfide) groups is 1. The first-order valence-electron chi connectivity index (χ1n) is 9.70. The standard InChI is InChI=1S/C22H24N4O2S/c1-16-8-9-19(17(2)14-16)20(27)15-29-22-24-23-21(25-10-12-28-13-11-25)26(22)18-6-4-3-5-7-18/h3-9,14H,10-13,15H2,1-2H3. The predicted octanol–water partition coefficient (Wildman–Crippen LogP) is 3.70. The highest BCUT2D eigenvalue weighted by Crippen LogP contribution is 2.28. The number of rotatable bonds is 6. The van der Waals surface area contributed by atoms with Gasteiger partial charge in [-0.25, -0.2) is 0 Å². The van der Waals surface area contributed by atoms with Crippen molar-refractivity contribution in [1.29, 1.82) is 0 Å². The second-order valence-corrected chi connectivity index (χ2v) is 8.03. The number of carbonyl (C=O) groups excluding carboxylic acids is 1. The minimum absolute atomic E-state index is 0.100. The summed E-state index contributed by atoms with van der Waals surface area (Å²) in [5.41, 5.74) is 3.92. The Morgan fingerprint density at radius 2 is 1.83 bits per heavy atom. The van der Waals surface area contributed by atoms with Gasteiger partial charge in [0.15, 0.2) is 10.9 Å². The summed E-state index contributed by atoms with van der Waals surface area (Å²) in [5, 5.41) is 9.58. The predicted molar refractivity (Wildman–Crippen MR) is 115 cm³/mol. The Bertz CT molecular complexity index is 997. The van der Waals surface area contributed by atoms with E-state index in [1.165, 1.54) is 11.8 Å². The molecule has 6 nitrogen and oxygen atoms in total. The molecule has 0 saturated carbocycles. The van der Waals surface area contributed by atoms with Gasteiger partial charge in [0.05, 0.1) is 24.7 Å². The van der Waals surface area contributed by atoms with Gasteiger partial charge in [0.1, 0.15) is 0 Å². The molecule has 4 rings (SSSR count). The lowest BCUT2D eigenvalue weighted by Gasteiger charge is -2.27. The fourth-order valence-corrected chi connectivity index (χ4v) is 4.29. The third-order valence-electron chi connectivity index (χ3n) is 4.94. The van der Waals surface area contributed by atoms with Crippen molar-refractivity contribution in [2.45, 2.75) is 19.0 Å². The minimum atomic E-state index is 0.100. The van der Waals surface area contributed by atoms with Crippen LogP contribution in [0.3, 0.4) is 0 Å². The van der Waals surface area contributed by atoms with E-state index < -0.39 is 0 Å². The van der Waals surface area contributed by atoms with E-state index in [1.807, 2.05) is 66.9 Å². The zero-order chi connectivity index (χ0) is 20.2. The van der Waals surface area contributed by atoms with Crippen molar-refractivity contribution in [2.24, 2.45) is 0 Å². The summed E-state index contributed by atoms with van der Waals surface area (Å²) in [6, 6.07) is 16.0. The Morgan fingerprint density at radius 1 is 1.07 bits per heavy atom. The van der Waals surface area contributed by atoms with Gasteiger partial charge < -0.3 is 9.64 Å². The molecule has 1 fully saturated rings. The molecular formula is C22H24N4O2S. The molecular weight excluding hydrogens is 384 g/mol. The Hall–Kier alpha value is -2.64. The first kappa shape index (κ1) is 19.7. The molecule has 1 saturated heterocycles. The van der Waals surface area contributed by atoms with Gasteiger partial charge in [0.2, 0.25) is 5.95 Å². The zero-order valence-electron chi connectivity index (χ0n) is 16.7. The number of Topliss-reactive ketones (excluding diaryl/α,β-unsaturated/α-hetero) is 1. The van der Waals surface area contributed by atoms with Crippen molar-refractivity contribution < 1.29 is 9.53 Å². The fraction of sp³-hybridized carbons (Fsp3) is 0.318. The Kier molecular flexibility index (Phi) is 5.97. The van der Waals surface area contributed by atoms with Gasteiger partial charge in [0.25, 0.3) is 0 Å². The number of hydrogen-bond donors (Lipinski definition) is 0. The number of benzene rings is 2. The van der Waals surface area contributed by atoms with Gasteiger partial charge in [-0.2, -0.15) is 0 Å². The highest BCUT2D eigenvalue weighted by Gasteiger charge is 2.22. The number of nitrogens with zero attached hydrogens (tertiary/aromatic N) is 4. The number of ether oxygens (including phenoxy) is 1. The van der Waals surface area contributed by atoms with Crippen LogP contribution in [0.2, 0.25) is 0 Å². The maximum absolute atomic E-state index is 12.8. The molecule has 7 heteroatoms. The molecule has 1 aliphatic rings. The first-order valence-corrected chi connectivity index (χ1v) is 10.7. The molecule has 0 amide bonds. The number of anilines is 1. The summed E-state index contributed by atoms with van der Waals surface area (Å²) < 4.78 is 7.51. The van der Waals surface area contributed by atoms with Crippen LogP contribution in [0, 0.1) is 13.8 Å². The van der Waals surface area contributed by atoms with Crippen LogP contribution < -0.4 is 4.90 Å². The van der Waals surface area contributed by atoms with E-state index >= 15 is 0 Å². The summed E-state index contributed by atoms with van der Waals surface area (Å²) in [5.74, 6) is 1.21. The number of carbonyl (C=O) groups is 1. The molecule has 0 unspecified atom stereocenters. The van der Waals surface area contributed by atoms with E-state index in [9.17, 15) is 4.79 Å². The number of para-hydroxylation sites is 1. The van der Waals surface area contributed by atoms with Crippen LogP contribution in [0.5, 0.6) is 0 Å². The number of morpholine rings is 1. The lowest BCUT2D eigenvalue weighted by Crippen LogP contribution is -2.37. The minimum Gasteiger partial charge on any atom is -0.378 e. The molecule has 150 valence electrons. The number of aryl methyl sites for hydroxylation is 2. The van der Waals surface area contributed by atoms with Gasteiger partial charge in [-0.15, -0.1) is 10.2 Å². The van der Waals surface area contributed by atoms with Crippen LogP contribution in [0.4, 0.5) is 5.95 Å². The highest BCUT2D eigenvalue weighted by molar-refractivity contribution is 7.99. The van der Waals surface area contributed by atoms with Crippen LogP contribution in [0.1, 0.15) is 21.5 Å². The second-order valence-electron chi connectivity index (χ2n) is 7.08. The summed E-state index contributed by atoms with van der Waals surface area (Å²) in [6.45, 7) is 6.91. The van der Waals surface area contributed by atoms with Crippen molar-refractivity contribution in [1.82, 2.24) is 14.8 Å². The molecule has 0 bridgehead atoms. The maximum Gasteiger partial charge on any atom is 0.232 e. The average molecular weight is 409 g/mol. The molecule has 0 atom stereocenters. The molecule has 0 N–H and O–H groups in total. The molecule has 29 heavy (non-hydrogen) atoms. The van der Waals surface area contributed by atoms with Crippen LogP contribution in [-0.4, -0.2) is 52.6 Å². The summed E-state index contributed by atoms with van der Waals surface area (Å²) in [4.78, 5) is 15.0. The molecule has 0 aliphatic carbocycles. The largest absolute Gasteiger partial charge is 0.378 e. The topological polar surface area (TPSA) is 60.3 Å². The van der Waals surface area contributed by atoms with Gasteiger partial charge >= 0.3 is 0 Å². The number of aromatic nitrogens is 3. The van der Waals surface area contributed by atoms with Gasteiger partial charge in [-0.3, -0.25) is 9.36 Å². The zero-order valence-corrected chi connectivity index (χ0v) is 17.5. The number of hydrogen-bond acceptors (Lipinski definition) is 6. The molecule has 2 heterocycles. The molecule has 3 aromatic rings. The van der Waals surface area contributed by atoms with E-state index in [4.69, 9.17) is 4.74 Å². The lowest BCUT2D eigenvalue weighted by molar-refractivity contribution is 0.102.